The maximum absolute atomic E-state index is 11.5. The highest BCUT2D eigenvalue weighted by molar-refractivity contribution is 7.03. The van der Waals surface area contributed by atoms with Crippen LogP contribution in [0, 0.1) is 10.1 Å². The fourth-order valence-corrected chi connectivity index (χ4v) is 1.82. The van der Waals surface area contributed by atoms with Crippen LogP contribution in [0.15, 0.2) is 35.8 Å². The maximum atomic E-state index is 11.5. The van der Waals surface area contributed by atoms with Crippen molar-refractivity contribution in [3.05, 3.63) is 51.5 Å². The number of nitrogens with zero attached hydrogens (tertiary/aromatic N) is 2. The Morgan fingerprint density at radius 2 is 2.11 bits per heavy atom. The van der Waals surface area contributed by atoms with Gasteiger partial charge in [0.1, 0.15) is 5.75 Å². The molecule has 1 aromatic heterocycles. The maximum Gasteiger partial charge on any atom is 0.315 e. The molecule has 1 aromatic carbocycles. The molecule has 0 N–H and O–H groups in total. The Bertz CT molecular complexity index is 551. The summed E-state index contributed by atoms with van der Waals surface area (Å²) >= 11 is 1.26. The summed E-state index contributed by atoms with van der Waals surface area (Å²) in [5, 5.41) is 12.2. The molecule has 0 amide bonds. The van der Waals surface area contributed by atoms with Crippen LogP contribution in [0.4, 0.5) is 5.69 Å². The Hall–Kier alpha value is -2.28. The predicted octanol–water partition coefficient (Wildman–Crippen LogP) is 2.20. The summed E-state index contributed by atoms with van der Waals surface area (Å²) < 4.78 is 8.91. The van der Waals surface area contributed by atoms with Gasteiger partial charge in [-0.25, -0.2) is 4.37 Å². The third-order valence-electron chi connectivity index (χ3n) is 2.11. The standard InChI is InChI=1S/C11H8N2O4S/c14-11(5-8-6-12-18-7-8)17-10-3-1-9(2-4-10)13(15)16/h1-4,6-7H,5H2. The fourth-order valence-electron chi connectivity index (χ4n) is 1.28. The minimum atomic E-state index is -0.511. The van der Waals surface area contributed by atoms with E-state index in [0.29, 0.717) is 0 Å². The largest absolute Gasteiger partial charge is 0.426 e. The molecule has 0 aliphatic rings. The molecule has 0 aliphatic carbocycles. The number of nitro benzene ring substituents is 1. The minimum absolute atomic E-state index is 0.0446. The first-order chi connectivity index (χ1) is 8.65. The summed E-state index contributed by atoms with van der Waals surface area (Å²) in [4.78, 5) is 21.4. The van der Waals surface area contributed by atoms with Crippen LogP contribution >= 0.6 is 11.5 Å². The number of esters is 1. The van der Waals surface area contributed by atoms with E-state index in [9.17, 15) is 14.9 Å². The van der Waals surface area contributed by atoms with Gasteiger partial charge in [-0.1, -0.05) is 0 Å². The topological polar surface area (TPSA) is 82.3 Å². The van der Waals surface area contributed by atoms with Crippen molar-refractivity contribution in [3.8, 4) is 5.75 Å². The average molecular weight is 264 g/mol. The number of nitro groups is 1. The summed E-state index contributed by atoms with van der Waals surface area (Å²) in [5.41, 5.74) is 0.740. The molecule has 92 valence electrons. The van der Waals surface area contributed by atoms with Crippen LogP contribution < -0.4 is 4.74 Å². The van der Waals surface area contributed by atoms with Gasteiger partial charge < -0.3 is 4.74 Å². The molecular weight excluding hydrogens is 256 g/mol. The molecule has 0 aliphatic heterocycles. The summed E-state index contributed by atoms with van der Waals surface area (Å²) in [6, 6.07) is 5.35. The Morgan fingerprint density at radius 3 is 2.67 bits per heavy atom. The molecular formula is C11H8N2O4S. The van der Waals surface area contributed by atoms with Gasteiger partial charge in [-0.2, -0.15) is 0 Å². The van der Waals surface area contributed by atoms with E-state index in [0.717, 1.165) is 5.56 Å². The number of rotatable bonds is 4. The van der Waals surface area contributed by atoms with Gasteiger partial charge in [0.15, 0.2) is 0 Å². The van der Waals surface area contributed by atoms with Crippen LogP contribution in [0.3, 0.4) is 0 Å². The van der Waals surface area contributed by atoms with Crippen molar-refractivity contribution in [2.45, 2.75) is 6.42 Å². The first-order valence-corrected chi connectivity index (χ1v) is 5.82. The normalized spacial score (nSPS) is 10.0. The quantitative estimate of drug-likeness (QED) is 0.366. The van der Waals surface area contributed by atoms with Crippen molar-refractivity contribution in [3.63, 3.8) is 0 Å². The van der Waals surface area contributed by atoms with E-state index in [1.807, 2.05) is 0 Å². The van der Waals surface area contributed by atoms with Crippen LogP contribution in [0.1, 0.15) is 5.56 Å². The van der Waals surface area contributed by atoms with Crippen LogP contribution in [0.25, 0.3) is 0 Å². The molecule has 0 radical (unpaired) electrons. The van der Waals surface area contributed by atoms with E-state index in [2.05, 4.69) is 4.37 Å². The van der Waals surface area contributed by atoms with Gasteiger partial charge in [-0.3, -0.25) is 14.9 Å². The molecule has 0 saturated heterocycles. The Labute approximate surface area is 106 Å². The predicted molar refractivity (Wildman–Crippen MR) is 64.5 cm³/mol. The van der Waals surface area contributed by atoms with Gasteiger partial charge in [-0.05, 0) is 29.2 Å². The van der Waals surface area contributed by atoms with Gasteiger partial charge in [0.2, 0.25) is 0 Å². The number of ether oxygens (including phenoxy) is 1. The highest BCUT2D eigenvalue weighted by Crippen LogP contribution is 2.17. The number of carbonyl (C=O) groups is 1. The van der Waals surface area contributed by atoms with Crippen LogP contribution in [0.5, 0.6) is 5.75 Å². The molecule has 2 rings (SSSR count). The number of hydrogen-bond donors (Lipinski definition) is 0. The Balaban J connectivity index is 1.97. The van der Waals surface area contributed by atoms with Gasteiger partial charge in [0, 0.05) is 23.7 Å². The van der Waals surface area contributed by atoms with Crippen molar-refractivity contribution >= 4 is 23.2 Å². The molecule has 0 atom stereocenters. The van der Waals surface area contributed by atoms with Crippen LogP contribution in [-0.4, -0.2) is 15.3 Å². The number of carbonyl (C=O) groups excluding carboxylic acids is 1. The third kappa shape index (κ3) is 3.11. The Morgan fingerprint density at radius 1 is 1.39 bits per heavy atom. The smallest absolute Gasteiger partial charge is 0.315 e. The Kier molecular flexibility index (Phi) is 3.63. The number of non-ortho nitro benzene ring substituents is 1. The molecule has 7 heteroatoms. The van der Waals surface area contributed by atoms with E-state index < -0.39 is 10.9 Å². The lowest BCUT2D eigenvalue weighted by molar-refractivity contribution is -0.384. The number of benzene rings is 1. The zero-order valence-corrected chi connectivity index (χ0v) is 9.92. The highest BCUT2D eigenvalue weighted by Gasteiger charge is 2.09. The van der Waals surface area contributed by atoms with Crippen molar-refractivity contribution < 1.29 is 14.5 Å². The zero-order chi connectivity index (χ0) is 13.0. The second-order valence-electron chi connectivity index (χ2n) is 3.43. The molecule has 0 unspecified atom stereocenters. The van der Waals surface area contributed by atoms with E-state index >= 15 is 0 Å². The SMILES string of the molecule is O=C(Cc1cnsc1)Oc1ccc([N+](=O)[O-])cc1. The van der Waals surface area contributed by atoms with E-state index in [4.69, 9.17) is 4.74 Å². The molecule has 0 saturated carbocycles. The van der Waals surface area contributed by atoms with Crippen molar-refractivity contribution in [1.29, 1.82) is 0 Å². The van der Waals surface area contributed by atoms with E-state index in [1.54, 1.807) is 11.6 Å². The summed E-state index contributed by atoms with van der Waals surface area (Å²) in [6.07, 6.45) is 1.73. The van der Waals surface area contributed by atoms with Crippen LogP contribution in [0.2, 0.25) is 0 Å². The van der Waals surface area contributed by atoms with Gasteiger partial charge in [-0.15, -0.1) is 0 Å². The fraction of sp³-hybridized carbons (Fsp3) is 0.0909. The van der Waals surface area contributed by atoms with Gasteiger partial charge >= 0.3 is 5.97 Å². The van der Waals surface area contributed by atoms with E-state index in [-0.39, 0.29) is 17.9 Å². The highest BCUT2D eigenvalue weighted by atomic mass is 32.1. The van der Waals surface area contributed by atoms with Crippen LogP contribution in [-0.2, 0) is 11.2 Å². The molecule has 0 bridgehead atoms. The lowest BCUT2D eigenvalue weighted by atomic mass is 10.2. The van der Waals surface area contributed by atoms with Gasteiger partial charge in [0.05, 0.1) is 11.3 Å². The molecule has 6 nitrogen and oxygen atoms in total. The third-order valence-corrected chi connectivity index (χ3v) is 2.75. The van der Waals surface area contributed by atoms with Crippen molar-refractivity contribution in [1.82, 2.24) is 4.37 Å². The lowest BCUT2D eigenvalue weighted by Crippen LogP contribution is -2.10. The monoisotopic (exact) mass is 264 g/mol. The molecule has 2 aromatic rings. The molecule has 0 fully saturated rings. The zero-order valence-electron chi connectivity index (χ0n) is 9.11. The van der Waals surface area contributed by atoms with Gasteiger partial charge in [0.25, 0.3) is 5.69 Å². The second-order valence-corrected chi connectivity index (χ2v) is 4.09. The number of hydrogen-bond acceptors (Lipinski definition) is 6. The molecule has 1 heterocycles. The number of aromatic nitrogens is 1. The van der Waals surface area contributed by atoms with E-state index in [1.165, 1.54) is 35.8 Å². The summed E-state index contributed by atoms with van der Waals surface area (Å²) in [7, 11) is 0. The summed E-state index contributed by atoms with van der Waals surface area (Å²) in [6.45, 7) is 0. The second kappa shape index (κ2) is 5.37. The lowest BCUT2D eigenvalue weighted by Gasteiger charge is -2.02. The minimum Gasteiger partial charge on any atom is -0.426 e. The first-order valence-electron chi connectivity index (χ1n) is 4.98. The first kappa shape index (κ1) is 12.2. The van der Waals surface area contributed by atoms with Crippen molar-refractivity contribution in [2.75, 3.05) is 0 Å². The van der Waals surface area contributed by atoms with Crippen molar-refractivity contribution in [2.24, 2.45) is 0 Å². The summed E-state index contributed by atoms with van der Waals surface area (Å²) in [5.74, 6) is -0.141. The molecule has 0 spiro atoms. The average Bonchev–Trinajstić information content (AvgIpc) is 2.82. The molecule has 18 heavy (non-hydrogen) atoms.